The summed E-state index contributed by atoms with van der Waals surface area (Å²) in [4.78, 5) is 4.57. The summed E-state index contributed by atoms with van der Waals surface area (Å²) in [7, 11) is 6.34. The second kappa shape index (κ2) is 5.72. The highest BCUT2D eigenvalue weighted by molar-refractivity contribution is 5.46. The van der Waals surface area contributed by atoms with E-state index in [2.05, 4.69) is 55.2 Å². The zero-order chi connectivity index (χ0) is 13.1. The average molecular weight is 247 g/mol. The molecule has 2 N–H and O–H groups in total. The van der Waals surface area contributed by atoms with Crippen molar-refractivity contribution in [3.8, 4) is 0 Å². The van der Waals surface area contributed by atoms with E-state index in [1.165, 1.54) is 30.5 Å². The Morgan fingerprint density at radius 3 is 2.17 bits per heavy atom. The Labute approximate surface area is 111 Å². The van der Waals surface area contributed by atoms with Crippen LogP contribution in [0.1, 0.15) is 30.9 Å². The SMILES string of the molecule is CN(C)c1ccc(C(CN)N(C)C2CCC2)cc1. The molecule has 0 bridgehead atoms. The quantitative estimate of drug-likeness (QED) is 0.866. The lowest BCUT2D eigenvalue weighted by Gasteiger charge is -2.40. The van der Waals surface area contributed by atoms with Crippen molar-refractivity contribution < 1.29 is 0 Å². The van der Waals surface area contributed by atoms with Gasteiger partial charge in [0.2, 0.25) is 0 Å². The van der Waals surface area contributed by atoms with Crippen molar-refractivity contribution in [2.45, 2.75) is 31.3 Å². The molecule has 100 valence electrons. The van der Waals surface area contributed by atoms with Crippen molar-refractivity contribution in [3.63, 3.8) is 0 Å². The lowest BCUT2D eigenvalue weighted by molar-refractivity contribution is 0.113. The van der Waals surface area contributed by atoms with Gasteiger partial charge in [-0.2, -0.15) is 0 Å². The molecule has 3 heteroatoms. The van der Waals surface area contributed by atoms with E-state index >= 15 is 0 Å². The number of likely N-dealkylation sites (N-methyl/N-ethyl adjacent to an activating group) is 1. The van der Waals surface area contributed by atoms with Crippen LogP contribution in [0, 0.1) is 0 Å². The van der Waals surface area contributed by atoms with Gasteiger partial charge in [0.25, 0.3) is 0 Å². The molecule has 1 aliphatic carbocycles. The summed E-state index contributed by atoms with van der Waals surface area (Å²) in [5.74, 6) is 0. The molecule has 1 aliphatic rings. The Kier molecular flexibility index (Phi) is 4.25. The summed E-state index contributed by atoms with van der Waals surface area (Å²) < 4.78 is 0. The standard InChI is InChI=1S/C15H25N3/c1-17(2)13-9-7-12(8-10-13)15(11-16)18(3)14-5-4-6-14/h7-10,14-15H,4-6,11,16H2,1-3H3. The van der Waals surface area contributed by atoms with Crippen molar-refractivity contribution in [3.05, 3.63) is 29.8 Å². The van der Waals surface area contributed by atoms with Crippen LogP contribution in [0.2, 0.25) is 0 Å². The van der Waals surface area contributed by atoms with Crippen LogP contribution in [0.4, 0.5) is 5.69 Å². The summed E-state index contributed by atoms with van der Waals surface area (Å²) in [5, 5.41) is 0. The molecule has 1 saturated carbocycles. The van der Waals surface area contributed by atoms with Crippen LogP contribution in [0.15, 0.2) is 24.3 Å². The fourth-order valence-electron chi connectivity index (χ4n) is 2.58. The molecule has 1 aromatic carbocycles. The molecule has 0 aliphatic heterocycles. The van der Waals surface area contributed by atoms with E-state index in [1.807, 2.05) is 0 Å². The summed E-state index contributed by atoms with van der Waals surface area (Å²) >= 11 is 0. The van der Waals surface area contributed by atoms with Gasteiger partial charge in [0.15, 0.2) is 0 Å². The molecular formula is C15H25N3. The molecule has 1 unspecified atom stereocenters. The molecule has 0 heterocycles. The summed E-state index contributed by atoms with van der Waals surface area (Å²) in [6, 6.07) is 9.85. The fourth-order valence-corrected chi connectivity index (χ4v) is 2.58. The van der Waals surface area contributed by atoms with E-state index in [0.717, 1.165) is 6.04 Å². The molecule has 0 amide bonds. The lowest BCUT2D eigenvalue weighted by atomic mass is 9.89. The van der Waals surface area contributed by atoms with Gasteiger partial charge in [-0.15, -0.1) is 0 Å². The van der Waals surface area contributed by atoms with Crippen LogP contribution in [0.3, 0.4) is 0 Å². The predicted molar refractivity (Wildman–Crippen MR) is 78.0 cm³/mol. The number of benzene rings is 1. The minimum absolute atomic E-state index is 0.353. The van der Waals surface area contributed by atoms with Crippen molar-refractivity contribution in [2.24, 2.45) is 5.73 Å². The first kappa shape index (κ1) is 13.4. The van der Waals surface area contributed by atoms with Crippen LogP contribution >= 0.6 is 0 Å². The topological polar surface area (TPSA) is 32.5 Å². The molecule has 1 atom stereocenters. The number of anilines is 1. The van der Waals surface area contributed by atoms with E-state index in [-0.39, 0.29) is 0 Å². The second-order valence-electron chi connectivity index (χ2n) is 5.49. The van der Waals surface area contributed by atoms with Gasteiger partial charge in [0.1, 0.15) is 0 Å². The molecule has 0 radical (unpaired) electrons. The molecule has 18 heavy (non-hydrogen) atoms. The molecule has 0 spiro atoms. The minimum atomic E-state index is 0.353. The normalized spacial score (nSPS) is 17.6. The fraction of sp³-hybridized carbons (Fsp3) is 0.600. The summed E-state index contributed by atoms with van der Waals surface area (Å²) in [6.45, 7) is 0.689. The highest BCUT2D eigenvalue weighted by Crippen LogP contribution is 2.30. The highest BCUT2D eigenvalue weighted by atomic mass is 15.2. The van der Waals surface area contributed by atoms with Crippen molar-refractivity contribution in [1.29, 1.82) is 0 Å². The Bertz CT molecular complexity index is 368. The van der Waals surface area contributed by atoms with Gasteiger partial charge in [-0.05, 0) is 37.6 Å². The van der Waals surface area contributed by atoms with Crippen molar-refractivity contribution >= 4 is 5.69 Å². The Balaban J connectivity index is 2.11. The smallest absolute Gasteiger partial charge is 0.0470 e. The molecule has 3 nitrogen and oxygen atoms in total. The third-order valence-electron chi connectivity index (χ3n) is 4.16. The number of nitrogens with zero attached hydrogens (tertiary/aromatic N) is 2. The van der Waals surface area contributed by atoms with Crippen molar-refractivity contribution in [1.82, 2.24) is 4.90 Å². The first-order chi connectivity index (χ1) is 8.63. The number of rotatable bonds is 5. The van der Waals surface area contributed by atoms with Gasteiger partial charge in [0, 0.05) is 38.4 Å². The van der Waals surface area contributed by atoms with Gasteiger partial charge >= 0.3 is 0 Å². The van der Waals surface area contributed by atoms with Crippen LogP contribution in [0.5, 0.6) is 0 Å². The zero-order valence-corrected chi connectivity index (χ0v) is 11.8. The van der Waals surface area contributed by atoms with Gasteiger partial charge in [-0.3, -0.25) is 4.90 Å². The maximum absolute atomic E-state index is 5.97. The Morgan fingerprint density at radius 2 is 1.78 bits per heavy atom. The van der Waals surface area contributed by atoms with Gasteiger partial charge < -0.3 is 10.6 Å². The summed E-state index contributed by atoms with van der Waals surface area (Å²) in [5.41, 5.74) is 8.54. The molecule has 1 fully saturated rings. The average Bonchev–Trinajstić information content (AvgIpc) is 2.28. The van der Waals surface area contributed by atoms with Gasteiger partial charge in [-0.1, -0.05) is 18.6 Å². The number of hydrogen-bond donors (Lipinski definition) is 1. The minimum Gasteiger partial charge on any atom is -0.378 e. The van der Waals surface area contributed by atoms with Gasteiger partial charge in [-0.25, -0.2) is 0 Å². The van der Waals surface area contributed by atoms with E-state index in [4.69, 9.17) is 5.73 Å². The maximum atomic E-state index is 5.97. The predicted octanol–water partition coefficient (Wildman–Crippen LogP) is 2.24. The molecule has 0 aromatic heterocycles. The van der Waals surface area contributed by atoms with E-state index in [9.17, 15) is 0 Å². The third-order valence-corrected chi connectivity index (χ3v) is 4.16. The van der Waals surface area contributed by atoms with Crippen molar-refractivity contribution in [2.75, 3.05) is 32.6 Å². The Hall–Kier alpha value is -1.06. The van der Waals surface area contributed by atoms with Crippen LogP contribution in [-0.2, 0) is 0 Å². The molecule has 0 saturated heterocycles. The first-order valence-electron chi connectivity index (χ1n) is 6.82. The van der Waals surface area contributed by atoms with Crippen LogP contribution in [0.25, 0.3) is 0 Å². The zero-order valence-electron chi connectivity index (χ0n) is 11.8. The van der Waals surface area contributed by atoms with Gasteiger partial charge in [0.05, 0.1) is 0 Å². The number of hydrogen-bond acceptors (Lipinski definition) is 3. The van der Waals surface area contributed by atoms with Crippen LogP contribution < -0.4 is 10.6 Å². The monoisotopic (exact) mass is 247 g/mol. The first-order valence-corrected chi connectivity index (χ1v) is 6.82. The van der Waals surface area contributed by atoms with E-state index in [1.54, 1.807) is 0 Å². The molecular weight excluding hydrogens is 222 g/mol. The molecule has 2 rings (SSSR count). The second-order valence-corrected chi connectivity index (χ2v) is 5.49. The molecule has 1 aromatic rings. The third kappa shape index (κ3) is 2.68. The maximum Gasteiger partial charge on any atom is 0.0470 e. The highest BCUT2D eigenvalue weighted by Gasteiger charge is 2.27. The van der Waals surface area contributed by atoms with E-state index in [0.29, 0.717) is 12.6 Å². The summed E-state index contributed by atoms with van der Waals surface area (Å²) in [6.07, 6.45) is 4.01. The largest absolute Gasteiger partial charge is 0.378 e. The van der Waals surface area contributed by atoms with E-state index < -0.39 is 0 Å². The number of nitrogens with two attached hydrogens (primary N) is 1. The van der Waals surface area contributed by atoms with Crippen LogP contribution in [-0.4, -0.2) is 38.6 Å². The lowest BCUT2D eigenvalue weighted by Crippen LogP contribution is -2.42. The Morgan fingerprint density at radius 1 is 1.17 bits per heavy atom.